The second kappa shape index (κ2) is 8.58. The van der Waals surface area contributed by atoms with Crippen LogP contribution in [0.2, 0.25) is 0 Å². The molecule has 20 heavy (non-hydrogen) atoms. The summed E-state index contributed by atoms with van der Waals surface area (Å²) in [5.74, 6) is -0.175. The Morgan fingerprint density at radius 1 is 1.40 bits per heavy atom. The van der Waals surface area contributed by atoms with Crippen molar-refractivity contribution >= 4 is 23.3 Å². The van der Waals surface area contributed by atoms with Crippen LogP contribution in [0.3, 0.4) is 0 Å². The van der Waals surface area contributed by atoms with E-state index in [1.54, 1.807) is 18.3 Å². The molecule has 0 bridgehead atoms. The van der Waals surface area contributed by atoms with Crippen molar-refractivity contribution in [3.63, 3.8) is 0 Å². The summed E-state index contributed by atoms with van der Waals surface area (Å²) in [6.45, 7) is 6.35. The topological polar surface area (TPSA) is 67.4 Å². The highest BCUT2D eigenvalue weighted by Gasteiger charge is 2.24. The zero-order valence-electron chi connectivity index (χ0n) is 12.1. The Morgan fingerprint density at radius 3 is 2.70 bits per heavy atom. The first-order valence-corrected chi connectivity index (χ1v) is 7.66. The number of amides is 2. The van der Waals surface area contributed by atoms with Gasteiger partial charge in [-0.2, -0.15) is 0 Å². The van der Waals surface area contributed by atoms with Crippen LogP contribution in [-0.4, -0.2) is 31.2 Å². The van der Waals surface area contributed by atoms with Crippen molar-refractivity contribution in [1.82, 2.24) is 10.6 Å². The van der Waals surface area contributed by atoms with Gasteiger partial charge in [-0.3, -0.25) is 4.79 Å². The maximum absolute atomic E-state index is 12.1. The van der Waals surface area contributed by atoms with E-state index in [1.807, 2.05) is 31.4 Å². The van der Waals surface area contributed by atoms with Crippen molar-refractivity contribution in [3.8, 4) is 0 Å². The average Bonchev–Trinajstić information content (AvgIpc) is 2.89. The molecule has 1 aromatic rings. The van der Waals surface area contributed by atoms with E-state index < -0.39 is 12.1 Å². The molecule has 2 N–H and O–H groups in total. The van der Waals surface area contributed by atoms with Gasteiger partial charge in [0.15, 0.2) is 0 Å². The predicted octanol–water partition coefficient (Wildman–Crippen LogP) is 2.18. The van der Waals surface area contributed by atoms with Crippen LogP contribution in [0.25, 0.3) is 0 Å². The Morgan fingerprint density at radius 2 is 2.15 bits per heavy atom. The molecule has 0 unspecified atom stereocenters. The van der Waals surface area contributed by atoms with Gasteiger partial charge in [0, 0.05) is 11.4 Å². The standard InChI is InChI=1S/C14H22N2O3S/c1-4-19-14(18)16-12(10(2)3)13(17)15-8-7-11-6-5-9-20-11/h5-6,9-10,12H,4,7-8H2,1-3H3,(H,15,17)(H,16,18)/t12-/m0/s1. The normalized spacial score (nSPS) is 12.0. The van der Waals surface area contributed by atoms with Crippen LogP contribution >= 0.6 is 11.3 Å². The number of carbonyl (C=O) groups excluding carboxylic acids is 2. The predicted molar refractivity (Wildman–Crippen MR) is 79.8 cm³/mol. The molecule has 0 aliphatic heterocycles. The highest BCUT2D eigenvalue weighted by Crippen LogP contribution is 2.08. The summed E-state index contributed by atoms with van der Waals surface area (Å²) < 4.78 is 4.81. The summed E-state index contributed by atoms with van der Waals surface area (Å²) >= 11 is 1.67. The summed E-state index contributed by atoms with van der Waals surface area (Å²) in [7, 11) is 0. The molecule has 112 valence electrons. The first-order valence-electron chi connectivity index (χ1n) is 6.78. The summed E-state index contributed by atoms with van der Waals surface area (Å²) in [5, 5.41) is 7.45. The number of hydrogen-bond acceptors (Lipinski definition) is 4. The molecular weight excluding hydrogens is 276 g/mol. The maximum atomic E-state index is 12.1. The Balaban J connectivity index is 2.41. The van der Waals surface area contributed by atoms with E-state index in [1.165, 1.54) is 4.88 Å². The molecule has 0 aromatic carbocycles. The number of thiophene rings is 1. The zero-order valence-corrected chi connectivity index (χ0v) is 13.0. The van der Waals surface area contributed by atoms with Crippen LogP contribution in [0.15, 0.2) is 17.5 Å². The molecule has 1 rings (SSSR count). The second-order valence-corrected chi connectivity index (χ2v) is 5.74. The molecule has 0 saturated carbocycles. The summed E-state index contributed by atoms with van der Waals surface area (Å²) in [5.41, 5.74) is 0. The lowest BCUT2D eigenvalue weighted by molar-refractivity contribution is -0.124. The van der Waals surface area contributed by atoms with Crippen LogP contribution in [0.1, 0.15) is 25.6 Å². The lowest BCUT2D eigenvalue weighted by atomic mass is 10.0. The van der Waals surface area contributed by atoms with Gasteiger partial charge in [-0.1, -0.05) is 19.9 Å². The van der Waals surface area contributed by atoms with Gasteiger partial charge in [0.1, 0.15) is 6.04 Å². The smallest absolute Gasteiger partial charge is 0.407 e. The SMILES string of the molecule is CCOC(=O)N[C@H](C(=O)NCCc1cccs1)C(C)C. The van der Waals surface area contributed by atoms with E-state index in [-0.39, 0.29) is 18.4 Å². The van der Waals surface area contributed by atoms with Crippen LogP contribution < -0.4 is 10.6 Å². The molecule has 0 aliphatic rings. The van der Waals surface area contributed by atoms with Crippen LogP contribution in [0, 0.1) is 5.92 Å². The molecule has 0 fully saturated rings. The number of rotatable bonds is 7. The van der Waals surface area contributed by atoms with Crippen LogP contribution in [-0.2, 0) is 16.0 Å². The molecule has 1 aromatic heterocycles. The van der Waals surface area contributed by atoms with Gasteiger partial charge in [0.05, 0.1) is 6.61 Å². The van der Waals surface area contributed by atoms with Gasteiger partial charge in [-0.25, -0.2) is 4.79 Å². The number of alkyl carbamates (subject to hydrolysis) is 1. The second-order valence-electron chi connectivity index (χ2n) is 4.71. The molecule has 0 saturated heterocycles. The van der Waals surface area contributed by atoms with Gasteiger partial charge in [-0.05, 0) is 30.7 Å². The molecule has 2 amide bonds. The molecule has 0 spiro atoms. The summed E-state index contributed by atoms with van der Waals surface area (Å²) in [6.07, 6.45) is 0.243. The minimum absolute atomic E-state index is 0.00106. The molecule has 1 heterocycles. The molecule has 5 nitrogen and oxygen atoms in total. The van der Waals surface area contributed by atoms with E-state index in [2.05, 4.69) is 10.6 Å². The largest absolute Gasteiger partial charge is 0.450 e. The fraction of sp³-hybridized carbons (Fsp3) is 0.571. The number of ether oxygens (including phenoxy) is 1. The number of carbonyl (C=O) groups is 2. The van der Waals surface area contributed by atoms with Gasteiger partial charge < -0.3 is 15.4 Å². The number of nitrogens with one attached hydrogen (secondary N) is 2. The van der Waals surface area contributed by atoms with Crippen molar-refractivity contribution in [2.24, 2.45) is 5.92 Å². The first-order chi connectivity index (χ1) is 9.54. The Hall–Kier alpha value is -1.56. The van der Waals surface area contributed by atoms with Crippen molar-refractivity contribution in [2.45, 2.75) is 33.2 Å². The van der Waals surface area contributed by atoms with Crippen molar-refractivity contribution in [2.75, 3.05) is 13.2 Å². The summed E-state index contributed by atoms with van der Waals surface area (Å²) in [4.78, 5) is 24.7. The summed E-state index contributed by atoms with van der Waals surface area (Å²) in [6, 6.07) is 3.45. The third-order valence-electron chi connectivity index (χ3n) is 2.75. The highest BCUT2D eigenvalue weighted by molar-refractivity contribution is 7.09. The van der Waals surface area contributed by atoms with Crippen LogP contribution in [0.5, 0.6) is 0 Å². The van der Waals surface area contributed by atoms with E-state index in [4.69, 9.17) is 4.74 Å². The molecule has 0 aliphatic carbocycles. The minimum atomic E-state index is -0.572. The van der Waals surface area contributed by atoms with Gasteiger partial charge in [0.2, 0.25) is 5.91 Å². The fourth-order valence-corrected chi connectivity index (χ4v) is 2.42. The molecular formula is C14H22N2O3S. The average molecular weight is 298 g/mol. The van der Waals surface area contributed by atoms with Gasteiger partial charge in [-0.15, -0.1) is 11.3 Å². The van der Waals surface area contributed by atoms with E-state index in [9.17, 15) is 9.59 Å². The van der Waals surface area contributed by atoms with Crippen molar-refractivity contribution in [3.05, 3.63) is 22.4 Å². The quantitative estimate of drug-likeness (QED) is 0.810. The molecule has 6 heteroatoms. The zero-order chi connectivity index (χ0) is 15.0. The lowest BCUT2D eigenvalue weighted by Crippen LogP contribution is -2.50. The Kier molecular flexibility index (Phi) is 7.08. The van der Waals surface area contributed by atoms with Gasteiger partial charge >= 0.3 is 6.09 Å². The Bertz CT molecular complexity index is 418. The third-order valence-corrected chi connectivity index (χ3v) is 3.68. The molecule has 1 atom stereocenters. The van der Waals surface area contributed by atoms with Gasteiger partial charge in [0.25, 0.3) is 0 Å². The maximum Gasteiger partial charge on any atom is 0.407 e. The van der Waals surface area contributed by atoms with E-state index >= 15 is 0 Å². The highest BCUT2D eigenvalue weighted by atomic mass is 32.1. The first kappa shape index (κ1) is 16.5. The van der Waals surface area contributed by atoms with Crippen LogP contribution in [0.4, 0.5) is 4.79 Å². The van der Waals surface area contributed by atoms with Crippen molar-refractivity contribution < 1.29 is 14.3 Å². The van der Waals surface area contributed by atoms with E-state index in [0.717, 1.165) is 6.42 Å². The Labute approximate surface area is 123 Å². The number of hydrogen-bond donors (Lipinski definition) is 2. The minimum Gasteiger partial charge on any atom is -0.450 e. The van der Waals surface area contributed by atoms with E-state index in [0.29, 0.717) is 6.54 Å². The lowest BCUT2D eigenvalue weighted by Gasteiger charge is -2.21. The molecule has 0 radical (unpaired) electrons. The monoisotopic (exact) mass is 298 g/mol. The third kappa shape index (κ3) is 5.61. The fourth-order valence-electron chi connectivity index (χ4n) is 1.71. The van der Waals surface area contributed by atoms with Crippen molar-refractivity contribution in [1.29, 1.82) is 0 Å².